The lowest BCUT2D eigenvalue weighted by Gasteiger charge is -2.17. The molecule has 1 N–H and O–H groups in total. The molecule has 2 aliphatic rings. The number of nitriles is 1. The number of amides is 1. The Morgan fingerprint density at radius 2 is 1.89 bits per heavy atom. The van der Waals surface area contributed by atoms with Gasteiger partial charge in [0, 0.05) is 18.5 Å². The highest BCUT2D eigenvalue weighted by Crippen LogP contribution is 2.52. The van der Waals surface area contributed by atoms with Crippen LogP contribution in [-0.4, -0.2) is 29.6 Å². The number of carbonyl (C=O) groups excluding carboxylic acids is 1. The first-order valence-electron chi connectivity index (χ1n) is 11.3. The summed E-state index contributed by atoms with van der Waals surface area (Å²) in [4.78, 5) is 24.0. The van der Waals surface area contributed by atoms with E-state index in [0.29, 0.717) is 39.4 Å². The summed E-state index contributed by atoms with van der Waals surface area (Å²) in [5.74, 6) is -0.109. The second-order valence-electron chi connectivity index (χ2n) is 8.13. The number of nitrogens with one attached hydrogen (secondary N) is 1. The van der Waals surface area contributed by atoms with Gasteiger partial charge in [0.15, 0.2) is 5.17 Å². The van der Waals surface area contributed by atoms with Crippen molar-refractivity contribution in [2.75, 3.05) is 23.8 Å². The minimum Gasteiger partial charge on any atom is -0.384 e. The SMILES string of the molecule is CCNc1ccc(C#N)cc1/N=C1\S/C(=C2\Sc3cccc(Cl)c3N2C)C(=O)N1Cc1ccccc1. The van der Waals surface area contributed by atoms with E-state index in [1.807, 2.05) is 73.5 Å². The number of thioether (sulfide) groups is 2. The molecule has 0 radical (unpaired) electrons. The first kappa shape index (κ1) is 24.3. The molecule has 0 bridgehead atoms. The molecular formula is C27H22ClN5OS2. The Bertz CT molecular complexity index is 1450. The van der Waals surface area contributed by atoms with Crippen molar-refractivity contribution in [1.82, 2.24) is 4.90 Å². The van der Waals surface area contributed by atoms with Crippen LogP contribution >= 0.6 is 35.1 Å². The van der Waals surface area contributed by atoms with Gasteiger partial charge in [-0.1, -0.05) is 59.8 Å². The van der Waals surface area contributed by atoms with Crippen LogP contribution in [0, 0.1) is 11.3 Å². The number of hydrogen-bond acceptors (Lipinski definition) is 7. The molecule has 0 atom stereocenters. The van der Waals surface area contributed by atoms with E-state index in [2.05, 4.69) is 11.4 Å². The number of halogens is 1. The molecule has 2 heterocycles. The number of hydrogen-bond donors (Lipinski definition) is 1. The summed E-state index contributed by atoms with van der Waals surface area (Å²) in [6, 6.07) is 23.2. The zero-order chi connectivity index (χ0) is 25.2. The molecule has 1 fully saturated rings. The molecule has 0 saturated carbocycles. The number of aliphatic imine (C=N–C) groups is 1. The molecule has 1 amide bonds. The largest absolute Gasteiger partial charge is 0.384 e. The minimum atomic E-state index is -0.109. The van der Waals surface area contributed by atoms with Crippen LogP contribution in [0.3, 0.4) is 0 Å². The van der Waals surface area contributed by atoms with E-state index < -0.39 is 0 Å². The van der Waals surface area contributed by atoms with Gasteiger partial charge >= 0.3 is 0 Å². The van der Waals surface area contributed by atoms with Crippen LogP contribution in [0.2, 0.25) is 5.02 Å². The van der Waals surface area contributed by atoms with Crippen molar-refractivity contribution >= 4 is 63.3 Å². The maximum absolute atomic E-state index is 13.8. The topological polar surface area (TPSA) is 71.7 Å². The lowest BCUT2D eigenvalue weighted by atomic mass is 10.2. The van der Waals surface area contributed by atoms with Crippen molar-refractivity contribution in [2.45, 2.75) is 18.4 Å². The standard InChI is InChI=1S/C27H22ClN5OS2/c1-3-30-20-13-12-18(15-29)14-21(20)31-27-33(16-17-8-5-4-6-9-17)25(34)24(36-27)26-32(2)23-19(28)10-7-11-22(23)35-26/h4-14,30H,3,16H2,1-2H3/b26-24-,31-27-. The fraction of sp³-hybridized carbons (Fsp3) is 0.148. The Kier molecular flexibility index (Phi) is 6.97. The number of carbonyl (C=O) groups is 1. The van der Waals surface area contributed by atoms with E-state index in [-0.39, 0.29) is 5.91 Å². The van der Waals surface area contributed by atoms with Gasteiger partial charge in [0.05, 0.1) is 45.3 Å². The fourth-order valence-corrected chi connectivity index (χ4v) is 6.76. The van der Waals surface area contributed by atoms with Gasteiger partial charge in [0.1, 0.15) is 4.91 Å². The first-order chi connectivity index (χ1) is 17.5. The number of para-hydroxylation sites is 1. The van der Waals surface area contributed by atoms with Crippen LogP contribution in [-0.2, 0) is 11.3 Å². The molecule has 0 unspecified atom stereocenters. The van der Waals surface area contributed by atoms with E-state index in [9.17, 15) is 10.1 Å². The Hall–Kier alpha value is -3.38. The summed E-state index contributed by atoms with van der Waals surface area (Å²) >= 11 is 9.37. The zero-order valence-electron chi connectivity index (χ0n) is 19.7. The van der Waals surface area contributed by atoms with Gasteiger partial charge in [-0.05, 0) is 54.6 Å². The van der Waals surface area contributed by atoms with E-state index in [4.69, 9.17) is 16.6 Å². The van der Waals surface area contributed by atoms with E-state index in [1.54, 1.807) is 17.0 Å². The molecule has 180 valence electrons. The van der Waals surface area contributed by atoms with Crippen molar-refractivity contribution in [3.8, 4) is 6.07 Å². The average molecular weight is 532 g/mol. The third-order valence-electron chi connectivity index (χ3n) is 5.75. The van der Waals surface area contributed by atoms with Gasteiger partial charge in [-0.15, -0.1) is 0 Å². The Labute approximate surface area is 223 Å². The fourth-order valence-electron chi connectivity index (χ4n) is 4.04. The molecular weight excluding hydrogens is 510 g/mol. The van der Waals surface area contributed by atoms with Crippen molar-refractivity contribution in [3.63, 3.8) is 0 Å². The van der Waals surface area contributed by atoms with Crippen LogP contribution < -0.4 is 10.2 Å². The highest BCUT2D eigenvalue weighted by Gasteiger charge is 2.39. The van der Waals surface area contributed by atoms with Gasteiger partial charge in [0.2, 0.25) is 0 Å². The predicted octanol–water partition coefficient (Wildman–Crippen LogP) is 6.82. The van der Waals surface area contributed by atoms with Crippen molar-refractivity contribution < 1.29 is 4.79 Å². The summed E-state index contributed by atoms with van der Waals surface area (Å²) in [7, 11) is 1.93. The maximum Gasteiger partial charge on any atom is 0.269 e. The summed E-state index contributed by atoms with van der Waals surface area (Å²) < 4.78 is 0. The number of anilines is 2. The Morgan fingerprint density at radius 3 is 2.61 bits per heavy atom. The number of amidine groups is 1. The highest BCUT2D eigenvalue weighted by atomic mass is 35.5. The quantitative estimate of drug-likeness (QED) is 0.364. The van der Waals surface area contributed by atoms with Gasteiger partial charge in [-0.25, -0.2) is 4.99 Å². The van der Waals surface area contributed by atoms with E-state index >= 15 is 0 Å². The lowest BCUT2D eigenvalue weighted by Crippen LogP contribution is -2.29. The molecule has 3 aromatic rings. The molecule has 5 rings (SSSR count). The number of rotatable bonds is 5. The monoisotopic (exact) mass is 531 g/mol. The van der Waals surface area contributed by atoms with Gasteiger partial charge in [-0.3, -0.25) is 9.69 Å². The first-order valence-corrected chi connectivity index (χ1v) is 13.4. The van der Waals surface area contributed by atoms with Crippen molar-refractivity contribution in [3.05, 3.63) is 92.8 Å². The lowest BCUT2D eigenvalue weighted by molar-refractivity contribution is -0.122. The Balaban J connectivity index is 1.60. The van der Waals surface area contributed by atoms with Crippen LogP contribution in [0.5, 0.6) is 0 Å². The summed E-state index contributed by atoms with van der Waals surface area (Å²) in [6.07, 6.45) is 0. The summed E-state index contributed by atoms with van der Waals surface area (Å²) in [6.45, 7) is 3.10. The molecule has 0 aromatic heterocycles. The molecule has 9 heteroatoms. The number of nitrogens with zero attached hydrogens (tertiary/aromatic N) is 4. The van der Waals surface area contributed by atoms with Crippen LogP contribution in [0.15, 0.2) is 86.6 Å². The maximum atomic E-state index is 13.8. The van der Waals surface area contributed by atoms with Crippen molar-refractivity contribution in [2.24, 2.45) is 4.99 Å². The average Bonchev–Trinajstić information content (AvgIpc) is 3.38. The molecule has 3 aromatic carbocycles. The van der Waals surface area contributed by atoms with E-state index in [0.717, 1.165) is 26.9 Å². The molecule has 36 heavy (non-hydrogen) atoms. The van der Waals surface area contributed by atoms with Crippen LogP contribution in [0.1, 0.15) is 18.1 Å². The van der Waals surface area contributed by atoms with E-state index in [1.165, 1.54) is 23.5 Å². The molecule has 0 aliphatic carbocycles. The smallest absolute Gasteiger partial charge is 0.269 e. The third kappa shape index (κ3) is 4.58. The van der Waals surface area contributed by atoms with Crippen LogP contribution in [0.25, 0.3) is 0 Å². The number of benzene rings is 3. The van der Waals surface area contributed by atoms with Gasteiger partial charge < -0.3 is 10.2 Å². The normalized spacial score (nSPS) is 18.1. The molecule has 2 aliphatic heterocycles. The molecule has 0 spiro atoms. The van der Waals surface area contributed by atoms with Gasteiger partial charge in [0.25, 0.3) is 5.91 Å². The van der Waals surface area contributed by atoms with Crippen LogP contribution in [0.4, 0.5) is 17.1 Å². The zero-order valence-corrected chi connectivity index (χ0v) is 22.0. The number of fused-ring (bicyclic) bond motifs is 1. The highest BCUT2D eigenvalue weighted by molar-refractivity contribution is 8.19. The second-order valence-corrected chi connectivity index (χ2v) is 10.5. The molecule has 1 saturated heterocycles. The second kappa shape index (κ2) is 10.3. The summed E-state index contributed by atoms with van der Waals surface area (Å²) in [5, 5.41) is 14.8. The van der Waals surface area contributed by atoms with Gasteiger partial charge in [-0.2, -0.15) is 5.26 Å². The Morgan fingerprint density at radius 1 is 1.08 bits per heavy atom. The molecule has 6 nitrogen and oxygen atoms in total. The minimum absolute atomic E-state index is 0.109. The predicted molar refractivity (Wildman–Crippen MR) is 150 cm³/mol. The van der Waals surface area contributed by atoms with Crippen molar-refractivity contribution in [1.29, 1.82) is 5.26 Å². The summed E-state index contributed by atoms with van der Waals surface area (Å²) in [5.41, 5.74) is 3.84. The third-order valence-corrected chi connectivity index (χ3v) is 8.47.